The summed E-state index contributed by atoms with van der Waals surface area (Å²) in [6, 6.07) is 8.27. The van der Waals surface area contributed by atoms with E-state index in [4.69, 9.17) is 5.73 Å². The molecule has 2 aromatic rings. The number of nitrogens with zero attached hydrogens (tertiary/aromatic N) is 1. The maximum Gasteiger partial charge on any atom is 0.237 e. The first-order valence-electron chi connectivity index (χ1n) is 7.14. The standard InChI is InChI=1S/C16H20N4O2/c1-11(21)15(7-12-5-3-2-4-6-12)20-16(22)14(17)8-13-9-18-10-19-13/h2-6,9-10,14-15H,7-8,17H2,1H3,(H,18,19)(H,20,22). The van der Waals surface area contributed by atoms with Gasteiger partial charge in [0, 0.05) is 18.3 Å². The molecule has 0 saturated carbocycles. The molecule has 0 aliphatic heterocycles. The number of aromatic amines is 1. The van der Waals surface area contributed by atoms with Crippen molar-refractivity contribution in [3.63, 3.8) is 0 Å². The van der Waals surface area contributed by atoms with E-state index < -0.39 is 12.1 Å². The van der Waals surface area contributed by atoms with Crippen molar-refractivity contribution in [2.75, 3.05) is 0 Å². The van der Waals surface area contributed by atoms with Crippen molar-refractivity contribution in [3.8, 4) is 0 Å². The molecular weight excluding hydrogens is 280 g/mol. The fourth-order valence-electron chi connectivity index (χ4n) is 2.15. The predicted molar refractivity (Wildman–Crippen MR) is 83.0 cm³/mol. The summed E-state index contributed by atoms with van der Waals surface area (Å²) in [6.45, 7) is 1.47. The minimum absolute atomic E-state index is 0.0917. The van der Waals surface area contributed by atoms with Gasteiger partial charge in [0.05, 0.1) is 18.4 Å². The maximum atomic E-state index is 12.2. The van der Waals surface area contributed by atoms with Crippen LogP contribution in [0.4, 0.5) is 0 Å². The van der Waals surface area contributed by atoms with Crippen LogP contribution in [0.15, 0.2) is 42.9 Å². The Labute approximate surface area is 129 Å². The third kappa shape index (κ3) is 4.53. The highest BCUT2D eigenvalue weighted by molar-refractivity contribution is 5.89. The van der Waals surface area contributed by atoms with Crippen LogP contribution in [0.2, 0.25) is 0 Å². The number of ketones is 1. The second-order valence-electron chi connectivity index (χ2n) is 5.25. The number of H-pyrrole nitrogens is 1. The Morgan fingerprint density at radius 2 is 2.00 bits per heavy atom. The fourth-order valence-corrected chi connectivity index (χ4v) is 2.15. The zero-order valence-electron chi connectivity index (χ0n) is 12.5. The van der Waals surface area contributed by atoms with E-state index in [9.17, 15) is 9.59 Å². The topological polar surface area (TPSA) is 101 Å². The Kier molecular flexibility index (Phi) is 5.43. The molecule has 0 spiro atoms. The number of benzene rings is 1. The molecule has 6 nitrogen and oxygen atoms in total. The van der Waals surface area contributed by atoms with Gasteiger partial charge in [0.2, 0.25) is 5.91 Å². The van der Waals surface area contributed by atoms with E-state index >= 15 is 0 Å². The van der Waals surface area contributed by atoms with E-state index in [1.165, 1.54) is 13.3 Å². The van der Waals surface area contributed by atoms with Gasteiger partial charge in [0.1, 0.15) is 0 Å². The molecule has 1 aromatic heterocycles. The van der Waals surface area contributed by atoms with Gasteiger partial charge in [-0.25, -0.2) is 4.98 Å². The number of Topliss-reactive ketones (excluding diaryl/α,β-unsaturated/α-hetero) is 1. The molecule has 6 heteroatoms. The van der Waals surface area contributed by atoms with Gasteiger partial charge in [0.25, 0.3) is 0 Å². The largest absolute Gasteiger partial charge is 0.348 e. The first-order valence-corrected chi connectivity index (χ1v) is 7.14. The summed E-state index contributed by atoms with van der Waals surface area (Å²) in [5.41, 5.74) is 7.65. The van der Waals surface area contributed by atoms with Crippen molar-refractivity contribution in [3.05, 3.63) is 54.1 Å². The number of rotatable bonds is 7. The van der Waals surface area contributed by atoms with Gasteiger partial charge in [-0.1, -0.05) is 30.3 Å². The van der Waals surface area contributed by atoms with Gasteiger partial charge in [0.15, 0.2) is 5.78 Å². The van der Waals surface area contributed by atoms with Crippen LogP contribution in [-0.4, -0.2) is 33.7 Å². The Morgan fingerprint density at radius 3 is 2.59 bits per heavy atom. The average molecular weight is 300 g/mol. The molecule has 1 heterocycles. The molecule has 1 aromatic carbocycles. The minimum Gasteiger partial charge on any atom is -0.348 e. The number of nitrogens with two attached hydrogens (primary N) is 1. The van der Waals surface area contributed by atoms with Gasteiger partial charge in [-0.3, -0.25) is 9.59 Å². The van der Waals surface area contributed by atoms with E-state index in [0.717, 1.165) is 11.3 Å². The Balaban J connectivity index is 1.95. The van der Waals surface area contributed by atoms with Gasteiger partial charge in [-0.15, -0.1) is 0 Å². The van der Waals surface area contributed by atoms with Crippen molar-refractivity contribution in [1.82, 2.24) is 15.3 Å². The Hall–Kier alpha value is -2.47. The Bertz CT molecular complexity index is 610. The van der Waals surface area contributed by atoms with E-state index in [-0.39, 0.29) is 11.7 Å². The van der Waals surface area contributed by atoms with Crippen LogP contribution in [-0.2, 0) is 22.4 Å². The summed E-state index contributed by atoms with van der Waals surface area (Å²) >= 11 is 0. The van der Waals surface area contributed by atoms with Crippen LogP contribution < -0.4 is 11.1 Å². The third-order valence-corrected chi connectivity index (χ3v) is 3.42. The van der Waals surface area contributed by atoms with Gasteiger partial charge >= 0.3 is 0 Å². The molecule has 1 amide bonds. The molecule has 2 atom stereocenters. The molecule has 0 aliphatic rings. The zero-order chi connectivity index (χ0) is 15.9. The first-order chi connectivity index (χ1) is 10.6. The van der Waals surface area contributed by atoms with Gasteiger partial charge in [-0.05, 0) is 18.9 Å². The van der Waals surface area contributed by atoms with Gasteiger partial charge < -0.3 is 16.0 Å². The van der Waals surface area contributed by atoms with Crippen molar-refractivity contribution < 1.29 is 9.59 Å². The predicted octanol–water partition coefficient (Wildman–Crippen LogP) is 0.596. The highest BCUT2D eigenvalue weighted by Gasteiger charge is 2.22. The van der Waals surface area contributed by atoms with E-state index in [1.807, 2.05) is 30.3 Å². The quantitative estimate of drug-likeness (QED) is 0.697. The van der Waals surface area contributed by atoms with E-state index in [0.29, 0.717) is 12.8 Å². The average Bonchev–Trinajstić information content (AvgIpc) is 3.00. The molecule has 0 bridgehead atoms. The molecule has 116 valence electrons. The highest BCUT2D eigenvalue weighted by Crippen LogP contribution is 2.05. The molecule has 4 N–H and O–H groups in total. The van der Waals surface area contributed by atoms with E-state index in [1.54, 1.807) is 6.20 Å². The number of imidazole rings is 1. The van der Waals surface area contributed by atoms with Crippen molar-refractivity contribution >= 4 is 11.7 Å². The normalized spacial score (nSPS) is 13.4. The first kappa shape index (κ1) is 15.9. The van der Waals surface area contributed by atoms with Gasteiger partial charge in [-0.2, -0.15) is 0 Å². The summed E-state index contributed by atoms with van der Waals surface area (Å²) in [5, 5.41) is 2.73. The number of hydrogen-bond acceptors (Lipinski definition) is 4. The number of aromatic nitrogens is 2. The number of hydrogen-bond donors (Lipinski definition) is 3. The Morgan fingerprint density at radius 1 is 1.27 bits per heavy atom. The van der Waals surface area contributed by atoms with Crippen LogP contribution in [0.3, 0.4) is 0 Å². The van der Waals surface area contributed by atoms with E-state index in [2.05, 4.69) is 15.3 Å². The van der Waals surface area contributed by atoms with Crippen molar-refractivity contribution in [2.24, 2.45) is 5.73 Å². The second-order valence-corrected chi connectivity index (χ2v) is 5.25. The lowest BCUT2D eigenvalue weighted by atomic mass is 10.0. The van der Waals surface area contributed by atoms with Crippen LogP contribution in [0, 0.1) is 0 Å². The zero-order valence-corrected chi connectivity index (χ0v) is 12.5. The smallest absolute Gasteiger partial charge is 0.237 e. The molecular formula is C16H20N4O2. The summed E-state index contributed by atoms with van der Waals surface area (Å²) in [6.07, 6.45) is 3.97. The monoisotopic (exact) mass is 300 g/mol. The fraction of sp³-hybridized carbons (Fsp3) is 0.312. The second kappa shape index (κ2) is 7.51. The molecule has 0 radical (unpaired) electrons. The van der Waals surface area contributed by atoms with Crippen LogP contribution >= 0.6 is 0 Å². The molecule has 0 aliphatic carbocycles. The summed E-state index contributed by atoms with van der Waals surface area (Å²) in [5.74, 6) is -0.434. The lowest BCUT2D eigenvalue weighted by Crippen LogP contribution is -2.49. The van der Waals surface area contributed by atoms with Crippen LogP contribution in [0.1, 0.15) is 18.2 Å². The molecule has 22 heavy (non-hydrogen) atoms. The molecule has 0 saturated heterocycles. The summed E-state index contributed by atoms with van der Waals surface area (Å²) in [7, 11) is 0. The summed E-state index contributed by atoms with van der Waals surface area (Å²) in [4.78, 5) is 30.7. The number of carbonyl (C=O) groups excluding carboxylic acids is 2. The lowest BCUT2D eigenvalue weighted by Gasteiger charge is -2.19. The van der Waals surface area contributed by atoms with Crippen LogP contribution in [0.25, 0.3) is 0 Å². The number of carbonyl (C=O) groups is 2. The van der Waals surface area contributed by atoms with Crippen molar-refractivity contribution in [1.29, 1.82) is 0 Å². The van der Waals surface area contributed by atoms with Crippen LogP contribution in [0.5, 0.6) is 0 Å². The SMILES string of the molecule is CC(=O)C(Cc1ccccc1)NC(=O)C(N)Cc1cnc[nH]1. The number of amides is 1. The van der Waals surface area contributed by atoms with Crippen molar-refractivity contribution in [2.45, 2.75) is 31.8 Å². The molecule has 2 rings (SSSR count). The lowest BCUT2D eigenvalue weighted by molar-refractivity contribution is -0.127. The molecule has 0 fully saturated rings. The summed E-state index contributed by atoms with van der Waals surface area (Å²) < 4.78 is 0. The third-order valence-electron chi connectivity index (χ3n) is 3.42. The minimum atomic E-state index is -0.724. The highest BCUT2D eigenvalue weighted by atomic mass is 16.2. The molecule has 2 unspecified atom stereocenters. The maximum absolute atomic E-state index is 12.2. The number of nitrogens with one attached hydrogen (secondary N) is 2.